The van der Waals surface area contributed by atoms with Crippen LogP contribution in [0.1, 0.15) is 31.2 Å². The smallest absolute Gasteiger partial charge is 0.107 e. The molecule has 0 unspecified atom stereocenters. The first kappa shape index (κ1) is 12.8. The highest BCUT2D eigenvalue weighted by atomic mass is 79.9. The fourth-order valence-corrected chi connectivity index (χ4v) is 3.05. The summed E-state index contributed by atoms with van der Waals surface area (Å²) in [7, 11) is 0. The summed E-state index contributed by atoms with van der Waals surface area (Å²) in [6.45, 7) is 0.997. The van der Waals surface area contributed by atoms with Crippen LogP contribution in [0, 0.1) is 5.92 Å². The molecule has 0 atom stereocenters. The molecule has 0 radical (unpaired) electrons. The van der Waals surface area contributed by atoms with E-state index in [2.05, 4.69) is 21.2 Å². The van der Waals surface area contributed by atoms with Gasteiger partial charge in [0.1, 0.15) is 4.99 Å². The highest BCUT2D eigenvalue weighted by Crippen LogP contribution is 2.30. The van der Waals surface area contributed by atoms with E-state index in [0.717, 1.165) is 28.2 Å². The minimum Gasteiger partial charge on any atom is -0.389 e. The molecule has 1 aromatic carbocycles. The second-order valence-electron chi connectivity index (χ2n) is 4.54. The maximum Gasteiger partial charge on any atom is 0.107 e. The van der Waals surface area contributed by atoms with Gasteiger partial charge >= 0.3 is 0 Å². The van der Waals surface area contributed by atoms with Crippen molar-refractivity contribution in [2.75, 3.05) is 11.9 Å². The monoisotopic (exact) mass is 312 g/mol. The Labute approximate surface area is 116 Å². The van der Waals surface area contributed by atoms with Crippen LogP contribution in [0.5, 0.6) is 0 Å². The summed E-state index contributed by atoms with van der Waals surface area (Å²) >= 11 is 8.57. The van der Waals surface area contributed by atoms with Gasteiger partial charge < -0.3 is 11.1 Å². The molecule has 1 aliphatic carbocycles. The zero-order valence-electron chi connectivity index (χ0n) is 9.71. The minimum absolute atomic E-state index is 0.434. The SMILES string of the molecule is NC(=S)c1c(Br)cccc1NCCC1CCC1. The summed E-state index contributed by atoms with van der Waals surface area (Å²) in [6.07, 6.45) is 5.42. The van der Waals surface area contributed by atoms with Crippen molar-refractivity contribution in [2.24, 2.45) is 11.7 Å². The van der Waals surface area contributed by atoms with Gasteiger partial charge in [0.2, 0.25) is 0 Å². The van der Waals surface area contributed by atoms with E-state index in [-0.39, 0.29) is 0 Å². The number of nitrogens with one attached hydrogen (secondary N) is 1. The van der Waals surface area contributed by atoms with Crippen molar-refractivity contribution in [1.82, 2.24) is 0 Å². The van der Waals surface area contributed by atoms with Gasteiger partial charge in [-0.2, -0.15) is 0 Å². The topological polar surface area (TPSA) is 38.0 Å². The molecule has 1 aromatic rings. The van der Waals surface area contributed by atoms with Crippen molar-refractivity contribution in [2.45, 2.75) is 25.7 Å². The predicted octanol–water partition coefficient (Wildman–Crippen LogP) is 3.69. The lowest BCUT2D eigenvalue weighted by Crippen LogP contribution is -2.18. The average Bonchev–Trinajstić information content (AvgIpc) is 2.21. The zero-order valence-corrected chi connectivity index (χ0v) is 12.1. The van der Waals surface area contributed by atoms with Gasteiger partial charge in [-0.3, -0.25) is 0 Å². The molecule has 0 amide bonds. The molecule has 0 spiro atoms. The van der Waals surface area contributed by atoms with Gasteiger partial charge in [0, 0.05) is 22.3 Å². The highest BCUT2D eigenvalue weighted by molar-refractivity contribution is 9.10. The second kappa shape index (κ2) is 5.83. The Balaban J connectivity index is 1.98. The van der Waals surface area contributed by atoms with Crippen molar-refractivity contribution >= 4 is 38.8 Å². The first-order valence-corrected chi connectivity index (χ1v) is 7.21. The van der Waals surface area contributed by atoms with Gasteiger partial charge in [-0.25, -0.2) is 0 Å². The molecule has 1 saturated carbocycles. The Morgan fingerprint density at radius 2 is 2.24 bits per heavy atom. The number of benzene rings is 1. The van der Waals surface area contributed by atoms with Crippen LogP contribution in [0.15, 0.2) is 22.7 Å². The molecule has 1 fully saturated rings. The summed E-state index contributed by atoms with van der Waals surface area (Å²) in [5.41, 5.74) is 7.69. The van der Waals surface area contributed by atoms with Crippen molar-refractivity contribution < 1.29 is 0 Å². The van der Waals surface area contributed by atoms with Gasteiger partial charge in [0.25, 0.3) is 0 Å². The number of hydrogen-bond acceptors (Lipinski definition) is 2. The summed E-state index contributed by atoms with van der Waals surface area (Å²) in [4.78, 5) is 0.434. The number of anilines is 1. The van der Waals surface area contributed by atoms with E-state index < -0.39 is 0 Å². The molecule has 4 heteroatoms. The third kappa shape index (κ3) is 3.19. The zero-order chi connectivity index (χ0) is 12.3. The van der Waals surface area contributed by atoms with Crippen molar-refractivity contribution in [3.05, 3.63) is 28.2 Å². The molecule has 17 heavy (non-hydrogen) atoms. The second-order valence-corrected chi connectivity index (χ2v) is 5.83. The Morgan fingerprint density at radius 1 is 1.47 bits per heavy atom. The number of halogens is 1. The molecule has 92 valence electrons. The third-order valence-corrected chi connectivity index (χ3v) is 4.22. The summed E-state index contributed by atoms with van der Waals surface area (Å²) < 4.78 is 0.957. The van der Waals surface area contributed by atoms with E-state index in [9.17, 15) is 0 Å². The van der Waals surface area contributed by atoms with Crippen LogP contribution in [-0.4, -0.2) is 11.5 Å². The molecular weight excluding hydrogens is 296 g/mol. The third-order valence-electron chi connectivity index (χ3n) is 3.35. The largest absolute Gasteiger partial charge is 0.389 e. The van der Waals surface area contributed by atoms with Gasteiger partial charge in [-0.15, -0.1) is 0 Å². The lowest BCUT2D eigenvalue weighted by molar-refractivity contribution is 0.303. The van der Waals surface area contributed by atoms with E-state index in [1.165, 1.54) is 25.7 Å². The lowest BCUT2D eigenvalue weighted by Gasteiger charge is -2.25. The minimum atomic E-state index is 0.434. The van der Waals surface area contributed by atoms with Crippen molar-refractivity contribution in [1.29, 1.82) is 0 Å². The quantitative estimate of drug-likeness (QED) is 0.814. The predicted molar refractivity (Wildman–Crippen MR) is 80.5 cm³/mol. The van der Waals surface area contributed by atoms with E-state index in [0.29, 0.717) is 4.99 Å². The maximum atomic E-state index is 5.75. The van der Waals surface area contributed by atoms with Crippen LogP contribution in [-0.2, 0) is 0 Å². The fraction of sp³-hybridized carbons (Fsp3) is 0.462. The number of rotatable bonds is 5. The molecule has 0 heterocycles. The van der Waals surface area contributed by atoms with Gasteiger partial charge in [0.05, 0.1) is 0 Å². The molecule has 3 N–H and O–H groups in total. The van der Waals surface area contributed by atoms with E-state index in [1.54, 1.807) is 0 Å². The Morgan fingerprint density at radius 3 is 2.82 bits per heavy atom. The lowest BCUT2D eigenvalue weighted by atomic mass is 9.83. The first-order valence-electron chi connectivity index (χ1n) is 6.00. The fourth-order valence-electron chi connectivity index (χ4n) is 2.11. The maximum absolute atomic E-state index is 5.75. The Hall–Kier alpha value is -0.610. The molecule has 2 rings (SSSR count). The van der Waals surface area contributed by atoms with Gasteiger partial charge in [-0.05, 0) is 40.4 Å². The molecular formula is C13H17BrN2S. The highest BCUT2D eigenvalue weighted by Gasteiger charge is 2.17. The van der Waals surface area contributed by atoms with Crippen LogP contribution >= 0.6 is 28.1 Å². The van der Waals surface area contributed by atoms with E-state index >= 15 is 0 Å². The molecule has 0 bridgehead atoms. The number of thiocarbonyl (C=S) groups is 1. The Bertz CT molecular complexity index is 416. The molecule has 0 aromatic heterocycles. The number of nitrogens with two attached hydrogens (primary N) is 1. The molecule has 0 saturated heterocycles. The van der Waals surface area contributed by atoms with Crippen LogP contribution in [0.3, 0.4) is 0 Å². The van der Waals surface area contributed by atoms with Crippen LogP contribution in [0.4, 0.5) is 5.69 Å². The van der Waals surface area contributed by atoms with Crippen LogP contribution in [0.25, 0.3) is 0 Å². The van der Waals surface area contributed by atoms with Crippen molar-refractivity contribution in [3.8, 4) is 0 Å². The van der Waals surface area contributed by atoms with E-state index in [4.69, 9.17) is 18.0 Å². The number of hydrogen-bond donors (Lipinski definition) is 2. The summed E-state index contributed by atoms with van der Waals surface area (Å²) in [6, 6.07) is 5.99. The molecule has 2 nitrogen and oxygen atoms in total. The standard InChI is InChI=1S/C13H17BrN2S/c14-10-5-2-6-11(12(10)13(15)17)16-8-7-9-3-1-4-9/h2,5-6,9,16H,1,3-4,7-8H2,(H2,15,17). The van der Waals surface area contributed by atoms with Crippen molar-refractivity contribution in [3.63, 3.8) is 0 Å². The Kier molecular flexibility index (Phi) is 4.40. The van der Waals surface area contributed by atoms with Crippen LogP contribution in [0.2, 0.25) is 0 Å². The van der Waals surface area contributed by atoms with Gasteiger partial charge in [-0.1, -0.05) is 37.5 Å². The average molecular weight is 313 g/mol. The summed E-state index contributed by atoms with van der Waals surface area (Å²) in [5, 5.41) is 3.44. The van der Waals surface area contributed by atoms with Gasteiger partial charge in [0.15, 0.2) is 0 Å². The first-order chi connectivity index (χ1) is 8.18. The summed E-state index contributed by atoms with van der Waals surface area (Å²) in [5.74, 6) is 0.919. The normalized spacial score (nSPS) is 15.4. The molecule has 1 aliphatic rings. The molecule has 0 aliphatic heterocycles. The van der Waals surface area contributed by atoms with Crippen LogP contribution < -0.4 is 11.1 Å². The van der Waals surface area contributed by atoms with E-state index in [1.807, 2.05) is 18.2 Å².